The molecule has 0 aromatic heterocycles. The van der Waals surface area contributed by atoms with Gasteiger partial charge >= 0.3 is 0 Å². The van der Waals surface area contributed by atoms with Gasteiger partial charge in [0.1, 0.15) is 0 Å². The molecule has 5 nitrogen and oxygen atoms in total. The third kappa shape index (κ3) is 2.93. The molecule has 1 aromatic rings. The van der Waals surface area contributed by atoms with E-state index in [-0.39, 0.29) is 22.5 Å². The van der Waals surface area contributed by atoms with Crippen LogP contribution in [0.2, 0.25) is 0 Å². The lowest BCUT2D eigenvalue weighted by Gasteiger charge is -2.50. The second kappa shape index (κ2) is 5.59. The molecule has 0 bridgehead atoms. The number of anilines is 1. The van der Waals surface area contributed by atoms with Crippen molar-refractivity contribution >= 4 is 15.7 Å². The van der Waals surface area contributed by atoms with Crippen molar-refractivity contribution in [2.75, 3.05) is 12.8 Å². The number of nitrogens with two attached hydrogens (primary N) is 1. The van der Waals surface area contributed by atoms with Crippen LogP contribution in [0.1, 0.15) is 32.8 Å². The van der Waals surface area contributed by atoms with Gasteiger partial charge in [-0.1, -0.05) is 26.8 Å². The maximum atomic E-state index is 12.5. The standard InChI is InChI=1S/C15H24N2O3S/c1-5-10-6-7-11(8-12(10)16)21(18,19)17-13-9-14(20-4)15(13,2)3/h6-8,13-14,17H,5,9,16H2,1-4H3. The molecule has 0 amide bonds. The highest BCUT2D eigenvalue weighted by Gasteiger charge is 2.50. The zero-order valence-electron chi connectivity index (χ0n) is 13.0. The van der Waals surface area contributed by atoms with Crippen LogP contribution in [0.5, 0.6) is 0 Å². The number of ether oxygens (including phenoxy) is 1. The van der Waals surface area contributed by atoms with Gasteiger partial charge < -0.3 is 10.5 Å². The van der Waals surface area contributed by atoms with Gasteiger partial charge in [0.05, 0.1) is 11.0 Å². The average molecular weight is 312 g/mol. The lowest BCUT2D eigenvalue weighted by atomic mass is 9.65. The number of aryl methyl sites for hydroxylation is 1. The van der Waals surface area contributed by atoms with E-state index >= 15 is 0 Å². The number of methoxy groups -OCH3 is 1. The van der Waals surface area contributed by atoms with E-state index < -0.39 is 10.0 Å². The maximum absolute atomic E-state index is 12.5. The molecule has 21 heavy (non-hydrogen) atoms. The monoisotopic (exact) mass is 312 g/mol. The Balaban J connectivity index is 2.18. The van der Waals surface area contributed by atoms with Gasteiger partial charge in [-0.15, -0.1) is 0 Å². The molecule has 118 valence electrons. The average Bonchev–Trinajstić information content (AvgIpc) is 2.42. The molecule has 0 radical (unpaired) electrons. The predicted molar refractivity (Wildman–Crippen MR) is 83.5 cm³/mol. The molecule has 1 aliphatic carbocycles. The summed E-state index contributed by atoms with van der Waals surface area (Å²) in [5, 5.41) is 0. The van der Waals surface area contributed by atoms with Gasteiger partial charge in [0.15, 0.2) is 0 Å². The predicted octanol–water partition coefficient (Wildman–Crippen LogP) is 1.92. The van der Waals surface area contributed by atoms with Gasteiger partial charge in [0, 0.05) is 24.3 Å². The van der Waals surface area contributed by atoms with Gasteiger partial charge in [0.25, 0.3) is 0 Å². The number of benzene rings is 1. The summed E-state index contributed by atoms with van der Waals surface area (Å²) >= 11 is 0. The molecular weight excluding hydrogens is 288 g/mol. The Hall–Kier alpha value is -1.11. The van der Waals surface area contributed by atoms with Crippen LogP contribution in [-0.4, -0.2) is 27.7 Å². The first kappa shape index (κ1) is 16.3. The third-order valence-corrected chi connectivity index (χ3v) is 6.04. The number of sulfonamides is 1. The minimum Gasteiger partial charge on any atom is -0.398 e. The molecule has 2 unspecified atom stereocenters. The molecule has 1 fully saturated rings. The zero-order chi connectivity index (χ0) is 15.8. The second-order valence-corrected chi connectivity index (χ2v) is 7.88. The maximum Gasteiger partial charge on any atom is 0.240 e. The van der Waals surface area contributed by atoms with Crippen LogP contribution in [-0.2, 0) is 21.2 Å². The van der Waals surface area contributed by atoms with Crippen molar-refractivity contribution in [1.82, 2.24) is 4.72 Å². The van der Waals surface area contributed by atoms with Crippen molar-refractivity contribution in [2.24, 2.45) is 5.41 Å². The first-order valence-electron chi connectivity index (χ1n) is 7.16. The first-order valence-corrected chi connectivity index (χ1v) is 8.64. The molecule has 6 heteroatoms. The van der Waals surface area contributed by atoms with E-state index in [0.29, 0.717) is 12.1 Å². The van der Waals surface area contributed by atoms with Crippen LogP contribution in [0.15, 0.2) is 23.1 Å². The van der Waals surface area contributed by atoms with Crippen molar-refractivity contribution in [3.05, 3.63) is 23.8 Å². The summed E-state index contributed by atoms with van der Waals surface area (Å²) in [6.45, 7) is 6.00. The smallest absolute Gasteiger partial charge is 0.240 e. The van der Waals surface area contributed by atoms with E-state index in [0.717, 1.165) is 12.0 Å². The second-order valence-electron chi connectivity index (χ2n) is 6.17. The summed E-state index contributed by atoms with van der Waals surface area (Å²) in [5.74, 6) is 0. The molecular formula is C15H24N2O3S. The molecule has 3 N–H and O–H groups in total. The van der Waals surface area contributed by atoms with E-state index in [9.17, 15) is 8.42 Å². The minimum atomic E-state index is -3.56. The number of hydrogen-bond acceptors (Lipinski definition) is 4. The van der Waals surface area contributed by atoms with E-state index in [4.69, 9.17) is 10.5 Å². The largest absolute Gasteiger partial charge is 0.398 e. The summed E-state index contributed by atoms with van der Waals surface area (Å²) in [6.07, 6.45) is 1.55. The van der Waals surface area contributed by atoms with Crippen LogP contribution < -0.4 is 10.5 Å². The van der Waals surface area contributed by atoms with Crippen LogP contribution in [0, 0.1) is 5.41 Å². The fourth-order valence-corrected chi connectivity index (χ4v) is 4.24. The molecule has 0 aliphatic heterocycles. The summed E-state index contributed by atoms with van der Waals surface area (Å²) in [5.41, 5.74) is 7.15. The summed E-state index contributed by atoms with van der Waals surface area (Å²) in [4.78, 5) is 0.217. The number of rotatable bonds is 5. The number of nitrogens with one attached hydrogen (secondary N) is 1. The van der Waals surface area contributed by atoms with Gasteiger partial charge in [-0.3, -0.25) is 0 Å². The summed E-state index contributed by atoms with van der Waals surface area (Å²) in [6, 6.07) is 4.78. The topological polar surface area (TPSA) is 81.4 Å². The van der Waals surface area contributed by atoms with E-state index in [1.54, 1.807) is 19.2 Å². The van der Waals surface area contributed by atoms with E-state index in [1.807, 2.05) is 20.8 Å². The minimum absolute atomic E-state index is 0.0812. The highest BCUT2D eigenvalue weighted by Crippen LogP contribution is 2.43. The molecule has 2 atom stereocenters. The summed E-state index contributed by atoms with van der Waals surface area (Å²) in [7, 11) is -1.90. The molecule has 0 spiro atoms. The van der Waals surface area contributed by atoms with Crippen molar-refractivity contribution in [1.29, 1.82) is 0 Å². The summed E-state index contributed by atoms with van der Waals surface area (Å²) < 4.78 is 33.0. The Morgan fingerprint density at radius 2 is 2.10 bits per heavy atom. The number of hydrogen-bond donors (Lipinski definition) is 2. The Labute approximate surface area is 126 Å². The van der Waals surface area contributed by atoms with Gasteiger partial charge in [-0.25, -0.2) is 13.1 Å². The highest BCUT2D eigenvalue weighted by molar-refractivity contribution is 7.89. The zero-order valence-corrected chi connectivity index (χ0v) is 13.8. The van der Waals surface area contributed by atoms with Crippen molar-refractivity contribution in [3.8, 4) is 0 Å². The van der Waals surface area contributed by atoms with E-state index in [2.05, 4.69) is 4.72 Å². The molecule has 2 rings (SSSR count). The normalized spacial score (nSPS) is 24.6. The molecule has 1 aromatic carbocycles. The van der Waals surface area contributed by atoms with Crippen LogP contribution in [0.25, 0.3) is 0 Å². The molecule has 0 saturated heterocycles. The molecule has 1 saturated carbocycles. The first-order chi connectivity index (χ1) is 9.72. The van der Waals surface area contributed by atoms with E-state index in [1.165, 1.54) is 6.07 Å². The van der Waals surface area contributed by atoms with Crippen molar-refractivity contribution < 1.29 is 13.2 Å². The Morgan fingerprint density at radius 3 is 2.57 bits per heavy atom. The lowest BCUT2D eigenvalue weighted by Crippen LogP contribution is -2.61. The van der Waals surface area contributed by atoms with Crippen LogP contribution in [0.3, 0.4) is 0 Å². The van der Waals surface area contributed by atoms with Gasteiger partial charge in [-0.05, 0) is 30.5 Å². The Bertz CT molecular complexity index is 626. The fourth-order valence-electron chi connectivity index (χ4n) is 2.80. The Morgan fingerprint density at radius 1 is 1.43 bits per heavy atom. The van der Waals surface area contributed by atoms with Crippen LogP contribution >= 0.6 is 0 Å². The SMILES string of the molecule is CCc1ccc(S(=O)(=O)NC2CC(OC)C2(C)C)cc1N. The highest BCUT2D eigenvalue weighted by atomic mass is 32.2. The van der Waals surface area contributed by atoms with Gasteiger partial charge in [0.2, 0.25) is 10.0 Å². The van der Waals surface area contributed by atoms with Crippen LogP contribution in [0.4, 0.5) is 5.69 Å². The van der Waals surface area contributed by atoms with Gasteiger partial charge in [-0.2, -0.15) is 0 Å². The lowest BCUT2D eigenvalue weighted by molar-refractivity contribution is -0.0908. The fraction of sp³-hybridized carbons (Fsp3) is 0.600. The number of nitrogen functional groups attached to an aromatic ring is 1. The van der Waals surface area contributed by atoms with Crippen molar-refractivity contribution in [3.63, 3.8) is 0 Å². The third-order valence-electron chi connectivity index (χ3n) is 4.57. The molecule has 1 aliphatic rings. The Kier molecular flexibility index (Phi) is 4.33. The molecule has 0 heterocycles. The van der Waals surface area contributed by atoms with Crippen molar-refractivity contribution in [2.45, 2.75) is 50.7 Å². The quantitative estimate of drug-likeness (QED) is 0.814.